The summed E-state index contributed by atoms with van der Waals surface area (Å²) in [6.07, 6.45) is 3.42. The number of hydrogen-bond acceptors (Lipinski definition) is 1. The topological polar surface area (TPSA) is 54.2 Å². The molecule has 0 rings (SSSR count). The lowest BCUT2D eigenvalue weighted by Gasteiger charge is -2.14. The Bertz CT molecular complexity index is 154. The first kappa shape index (κ1) is 13.5. The van der Waals surface area contributed by atoms with E-state index in [9.17, 15) is 0 Å². The van der Waals surface area contributed by atoms with Crippen LogP contribution in [0.25, 0.3) is 5.84 Å². The van der Waals surface area contributed by atoms with Crippen molar-refractivity contribution in [3.8, 4) is 0 Å². The highest BCUT2D eigenvalue weighted by atomic mass is 15.4. The molecule has 0 fully saturated rings. The zero-order valence-electron chi connectivity index (χ0n) is 9.74. The Morgan fingerprint density at radius 1 is 1.36 bits per heavy atom. The fourth-order valence-electron chi connectivity index (χ4n) is 1.21. The minimum Gasteiger partial charge on any atom is -0.470 e. The maximum Gasteiger partial charge on any atom is 0.147 e. The van der Waals surface area contributed by atoms with Crippen molar-refractivity contribution in [3.63, 3.8) is 0 Å². The lowest BCUT2D eigenvalue weighted by atomic mass is 10.2. The second kappa shape index (κ2) is 9.12. The van der Waals surface area contributed by atoms with E-state index in [2.05, 4.69) is 17.2 Å². The van der Waals surface area contributed by atoms with E-state index in [4.69, 9.17) is 5.84 Å². The van der Waals surface area contributed by atoms with E-state index < -0.39 is 0 Å². The van der Waals surface area contributed by atoms with E-state index in [1.165, 1.54) is 12.1 Å². The van der Waals surface area contributed by atoms with Gasteiger partial charge in [-0.2, -0.15) is 0 Å². The third-order valence-electron chi connectivity index (χ3n) is 2.24. The second-order valence-electron chi connectivity index (χ2n) is 3.77. The molecule has 0 aromatic rings. The van der Waals surface area contributed by atoms with Crippen molar-refractivity contribution in [1.29, 1.82) is 0 Å². The Labute approximate surface area is 87.5 Å². The van der Waals surface area contributed by atoms with Gasteiger partial charge in [0.05, 0.1) is 13.6 Å². The summed E-state index contributed by atoms with van der Waals surface area (Å²) in [5.74, 6) is 7.25. The molecule has 84 valence electrons. The second-order valence-corrected chi connectivity index (χ2v) is 3.77. The highest BCUT2D eigenvalue weighted by molar-refractivity contribution is 5.75. The largest absolute Gasteiger partial charge is 0.470 e. The fraction of sp³-hybridized carbons (Fsp3) is 0.900. The smallest absolute Gasteiger partial charge is 0.147 e. The highest BCUT2D eigenvalue weighted by Crippen LogP contribution is 1.85. The van der Waals surface area contributed by atoms with Crippen LogP contribution in [0.15, 0.2) is 0 Å². The predicted octanol–water partition coefficient (Wildman–Crippen LogP) is -1.60. The van der Waals surface area contributed by atoms with Gasteiger partial charge in [-0.05, 0) is 13.0 Å². The molecule has 1 unspecified atom stereocenters. The molecule has 0 aliphatic rings. The molecular formula is C10H25N4+. The molecule has 0 saturated heterocycles. The van der Waals surface area contributed by atoms with Crippen molar-refractivity contribution < 1.29 is 10.0 Å². The summed E-state index contributed by atoms with van der Waals surface area (Å²) in [5.41, 5.74) is 1.35. The van der Waals surface area contributed by atoms with Crippen LogP contribution < -0.4 is 15.3 Å². The highest BCUT2D eigenvalue weighted by Gasteiger charge is 1.95. The Kier molecular flexibility index (Phi) is 8.83. The molecular weight excluding hydrogens is 176 g/mol. The Morgan fingerprint density at radius 2 is 2.00 bits per heavy atom. The lowest BCUT2D eigenvalue weighted by Crippen LogP contribution is -3.02. The van der Waals surface area contributed by atoms with E-state index in [-0.39, 0.29) is 0 Å². The quantitative estimate of drug-likeness (QED) is 0.247. The SMILES string of the molecule is C[NH+]=C(C)CCCNCCC[NH+](C)[NH-]. The van der Waals surface area contributed by atoms with Crippen LogP contribution in [0.3, 0.4) is 0 Å². The first-order chi connectivity index (χ1) is 6.66. The zero-order valence-corrected chi connectivity index (χ0v) is 9.74. The molecule has 0 aromatic carbocycles. The minimum absolute atomic E-state index is 0.783. The predicted molar refractivity (Wildman–Crippen MR) is 60.4 cm³/mol. The summed E-state index contributed by atoms with van der Waals surface area (Å²) in [5, 5.41) is 4.17. The Hall–Kier alpha value is -0.450. The first-order valence-electron chi connectivity index (χ1n) is 5.41. The van der Waals surface area contributed by atoms with Gasteiger partial charge in [0, 0.05) is 26.3 Å². The van der Waals surface area contributed by atoms with Gasteiger partial charge < -0.3 is 16.2 Å². The molecule has 0 radical (unpaired) electrons. The number of rotatable bonds is 8. The average Bonchev–Trinajstić information content (AvgIpc) is 2.15. The van der Waals surface area contributed by atoms with E-state index in [0.29, 0.717) is 0 Å². The Balaban J connectivity index is 3.07. The zero-order chi connectivity index (χ0) is 10.8. The molecule has 14 heavy (non-hydrogen) atoms. The molecule has 1 atom stereocenters. The molecule has 0 bridgehead atoms. The summed E-state index contributed by atoms with van der Waals surface area (Å²) in [7, 11) is 3.83. The van der Waals surface area contributed by atoms with E-state index in [1.807, 2.05) is 14.1 Å². The van der Waals surface area contributed by atoms with Crippen molar-refractivity contribution in [1.82, 2.24) is 5.32 Å². The van der Waals surface area contributed by atoms with Crippen LogP contribution in [0.4, 0.5) is 0 Å². The maximum absolute atomic E-state index is 7.25. The molecule has 4 N–H and O–H groups in total. The summed E-state index contributed by atoms with van der Waals surface area (Å²) in [6.45, 7) is 5.16. The van der Waals surface area contributed by atoms with E-state index in [0.717, 1.165) is 37.5 Å². The van der Waals surface area contributed by atoms with Gasteiger partial charge in [0.1, 0.15) is 12.8 Å². The maximum atomic E-state index is 7.25. The van der Waals surface area contributed by atoms with Crippen molar-refractivity contribution in [3.05, 3.63) is 5.84 Å². The molecule has 0 aliphatic heterocycles. The molecule has 4 nitrogen and oxygen atoms in total. The van der Waals surface area contributed by atoms with Gasteiger partial charge in [0.25, 0.3) is 0 Å². The summed E-state index contributed by atoms with van der Waals surface area (Å²) in [4.78, 5) is 3.14. The first-order valence-corrected chi connectivity index (χ1v) is 5.41. The van der Waals surface area contributed by atoms with Crippen LogP contribution in [0.2, 0.25) is 0 Å². The number of quaternary nitrogens is 1. The van der Waals surface area contributed by atoms with Gasteiger partial charge in [-0.15, -0.1) is 0 Å². The summed E-state index contributed by atoms with van der Waals surface area (Å²) >= 11 is 0. The van der Waals surface area contributed by atoms with Crippen LogP contribution in [0.1, 0.15) is 26.2 Å². The van der Waals surface area contributed by atoms with E-state index in [1.54, 1.807) is 0 Å². The molecule has 0 aliphatic carbocycles. The van der Waals surface area contributed by atoms with Crippen molar-refractivity contribution >= 4 is 5.71 Å². The standard InChI is InChI=1S/C10H24N4/c1-10(12-2)6-4-7-13-8-5-9-14(3)11/h11,13-14H,4-9H2,1-3H3/p+1. The van der Waals surface area contributed by atoms with Crippen molar-refractivity contribution in [2.45, 2.75) is 26.2 Å². The van der Waals surface area contributed by atoms with Crippen LogP contribution in [0.5, 0.6) is 0 Å². The van der Waals surface area contributed by atoms with Gasteiger partial charge in [0.2, 0.25) is 0 Å². The molecule has 0 spiro atoms. The molecule has 0 heterocycles. The third kappa shape index (κ3) is 9.64. The Morgan fingerprint density at radius 3 is 2.57 bits per heavy atom. The number of nitrogens with one attached hydrogen (secondary N) is 4. The molecule has 4 heteroatoms. The molecule has 0 saturated carbocycles. The van der Waals surface area contributed by atoms with Crippen LogP contribution in [0, 0.1) is 0 Å². The lowest BCUT2D eigenvalue weighted by molar-refractivity contribution is -0.826. The monoisotopic (exact) mass is 201 g/mol. The normalized spacial score (nSPS) is 14.4. The van der Waals surface area contributed by atoms with E-state index >= 15 is 0 Å². The van der Waals surface area contributed by atoms with Gasteiger partial charge in [-0.25, -0.2) is 0 Å². The van der Waals surface area contributed by atoms with Crippen molar-refractivity contribution in [2.75, 3.05) is 33.7 Å². The molecule has 0 amide bonds. The summed E-state index contributed by atoms with van der Waals surface area (Å²) < 4.78 is 0. The van der Waals surface area contributed by atoms with Crippen molar-refractivity contribution in [2.24, 2.45) is 0 Å². The van der Waals surface area contributed by atoms with Crippen LogP contribution in [-0.4, -0.2) is 39.4 Å². The van der Waals surface area contributed by atoms with Gasteiger partial charge in [0.15, 0.2) is 0 Å². The number of hydrogen-bond donors (Lipinski definition) is 3. The summed E-state index contributed by atoms with van der Waals surface area (Å²) in [6, 6.07) is 0. The van der Waals surface area contributed by atoms with Gasteiger partial charge in [-0.3, -0.25) is 4.99 Å². The fourth-order valence-corrected chi connectivity index (χ4v) is 1.21. The average molecular weight is 201 g/mol. The minimum atomic E-state index is 0.783. The van der Waals surface area contributed by atoms with Gasteiger partial charge >= 0.3 is 0 Å². The van der Waals surface area contributed by atoms with Crippen LogP contribution >= 0.6 is 0 Å². The third-order valence-corrected chi connectivity index (χ3v) is 2.24. The molecule has 0 aromatic heterocycles. The van der Waals surface area contributed by atoms with Crippen LogP contribution in [-0.2, 0) is 0 Å². The van der Waals surface area contributed by atoms with Gasteiger partial charge in [-0.1, -0.05) is 0 Å².